The summed E-state index contributed by atoms with van der Waals surface area (Å²) in [6, 6.07) is -0.433. The van der Waals surface area contributed by atoms with Crippen molar-refractivity contribution in [2.24, 2.45) is 5.84 Å². The van der Waals surface area contributed by atoms with Crippen molar-refractivity contribution in [1.82, 2.24) is 25.0 Å². The van der Waals surface area contributed by atoms with Crippen LogP contribution in [0, 0.1) is 0 Å². The Kier molecular flexibility index (Phi) is 3.97. The van der Waals surface area contributed by atoms with Gasteiger partial charge in [-0.1, -0.05) is 4.49 Å². The fraction of sp³-hybridized carbons (Fsp3) is 0.333. The third-order valence-electron chi connectivity index (χ3n) is 2.26. The normalized spacial score (nSPS) is 12.2. The molecule has 0 saturated heterocycles. The summed E-state index contributed by atoms with van der Waals surface area (Å²) in [6.07, 6.45) is 1.49. The first-order valence-electron chi connectivity index (χ1n) is 4.98. The Balaban J connectivity index is 2.42. The third-order valence-corrected chi connectivity index (χ3v) is 2.78. The zero-order valence-corrected chi connectivity index (χ0v) is 10.6. The second-order valence-electron chi connectivity index (χ2n) is 3.24. The summed E-state index contributed by atoms with van der Waals surface area (Å²) >= 11 is 1.23. The van der Waals surface area contributed by atoms with Crippen LogP contribution < -0.4 is 20.7 Å². The Hall–Kier alpha value is -1.84. The molecule has 2 rings (SSSR count). The van der Waals surface area contributed by atoms with Crippen LogP contribution in [-0.2, 0) is 0 Å². The van der Waals surface area contributed by atoms with Crippen molar-refractivity contribution < 1.29 is 9.47 Å². The molecule has 0 saturated carbocycles. The zero-order chi connectivity index (χ0) is 13.0. The molecule has 0 aliphatic rings. The molecule has 8 nitrogen and oxygen atoms in total. The lowest BCUT2D eigenvalue weighted by molar-refractivity contribution is 0.352. The molecule has 1 atom stereocenters. The van der Waals surface area contributed by atoms with Crippen LogP contribution in [-0.4, -0.2) is 33.8 Å². The number of hydrazine groups is 1. The van der Waals surface area contributed by atoms with E-state index in [0.717, 1.165) is 0 Å². The lowest BCUT2D eigenvalue weighted by atomic mass is 10.1. The molecule has 96 valence electrons. The molecule has 2 aromatic heterocycles. The van der Waals surface area contributed by atoms with Crippen LogP contribution >= 0.6 is 11.5 Å². The van der Waals surface area contributed by atoms with Gasteiger partial charge in [0.05, 0.1) is 20.4 Å². The van der Waals surface area contributed by atoms with Crippen LogP contribution in [0.1, 0.15) is 17.4 Å². The van der Waals surface area contributed by atoms with E-state index >= 15 is 0 Å². The number of methoxy groups -OCH3 is 2. The highest BCUT2D eigenvalue weighted by molar-refractivity contribution is 7.03. The Bertz CT molecular complexity index is 506. The molecule has 0 amide bonds. The van der Waals surface area contributed by atoms with Gasteiger partial charge < -0.3 is 9.47 Å². The maximum absolute atomic E-state index is 5.52. The van der Waals surface area contributed by atoms with Gasteiger partial charge in [-0.05, 0) is 11.5 Å². The highest BCUT2D eigenvalue weighted by Crippen LogP contribution is 2.26. The predicted molar refractivity (Wildman–Crippen MR) is 64.2 cm³/mol. The van der Waals surface area contributed by atoms with E-state index in [0.29, 0.717) is 23.1 Å². The first-order chi connectivity index (χ1) is 8.80. The highest BCUT2D eigenvalue weighted by atomic mass is 32.1. The molecule has 9 heteroatoms. The zero-order valence-electron chi connectivity index (χ0n) is 9.82. The highest BCUT2D eigenvalue weighted by Gasteiger charge is 2.22. The number of nitrogens with two attached hydrogens (primary N) is 1. The molecule has 0 aliphatic heterocycles. The van der Waals surface area contributed by atoms with Crippen molar-refractivity contribution in [3.05, 3.63) is 23.0 Å². The van der Waals surface area contributed by atoms with Crippen molar-refractivity contribution in [3.63, 3.8) is 0 Å². The van der Waals surface area contributed by atoms with E-state index in [2.05, 4.69) is 25.0 Å². The van der Waals surface area contributed by atoms with Gasteiger partial charge in [0.2, 0.25) is 11.8 Å². The second kappa shape index (κ2) is 5.67. The van der Waals surface area contributed by atoms with Crippen LogP contribution in [0.5, 0.6) is 11.8 Å². The largest absolute Gasteiger partial charge is 0.480 e. The van der Waals surface area contributed by atoms with Gasteiger partial charge in [-0.2, -0.15) is 4.98 Å². The van der Waals surface area contributed by atoms with E-state index in [1.165, 1.54) is 31.9 Å². The van der Waals surface area contributed by atoms with E-state index < -0.39 is 6.04 Å². The summed E-state index contributed by atoms with van der Waals surface area (Å²) in [7, 11) is 3.01. The quantitative estimate of drug-likeness (QED) is 0.571. The number of nitrogens with one attached hydrogen (secondary N) is 1. The van der Waals surface area contributed by atoms with Crippen LogP contribution in [0.25, 0.3) is 0 Å². The van der Waals surface area contributed by atoms with Gasteiger partial charge in [0, 0.05) is 5.38 Å². The molecule has 0 fully saturated rings. The number of hydrogen-bond acceptors (Lipinski definition) is 9. The van der Waals surface area contributed by atoms with Crippen molar-refractivity contribution >= 4 is 11.5 Å². The minimum atomic E-state index is -0.433. The van der Waals surface area contributed by atoms with Crippen LogP contribution in [0.2, 0.25) is 0 Å². The Morgan fingerprint density at radius 1 is 1.39 bits per heavy atom. The number of nitrogens with zero attached hydrogens (tertiary/aromatic N) is 4. The molecular weight excluding hydrogens is 256 g/mol. The molecule has 2 heterocycles. The molecule has 18 heavy (non-hydrogen) atoms. The van der Waals surface area contributed by atoms with Gasteiger partial charge in [-0.25, -0.2) is 10.4 Å². The average Bonchev–Trinajstić information content (AvgIpc) is 2.94. The van der Waals surface area contributed by atoms with Crippen molar-refractivity contribution in [2.45, 2.75) is 6.04 Å². The summed E-state index contributed by atoms with van der Waals surface area (Å²) in [4.78, 5) is 8.37. The standard InChI is InChI=1S/C9H12N6O2S/c1-16-6-3-11-8(9(12-6)17-2)7(13-10)5-4-18-15-14-5/h3-4,7,13H,10H2,1-2H3. The number of aromatic nitrogens is 4. The number of ether oxygens (including phenoxy) is 2. The molecule has 0 radical (unpaired) electrons. The summed E-state index contributed by atoms with van der Waals surface area (Å²) in [5.41, 5.74) is 3.79. The molecule has 0 spiro atoms. The maximum Gasteiger partial charge on any atom is 0.240 e. The van der Waals surface area contributed by atoms with Gasteiger partial charge in [-0.15, -0.1) is 5.10 Å². The predicted octanol–water partition coefficient (Wildman–Crippen LogP) is -0.102. The SMILES string of the molecule is COc1cnc(C(NN)c2csnn2)c(OC)n1. The maximum atomic E-state index is 5.52. The fourth-order valence-corrected chi connectivity index (χ4v) is 1.89. The van der Waals surface area contributed by atoms with Gasteiger partial charge >= 0.3 is 0 Å². The average molecular weight is 268 g/mol. The molecular formula is C9H12N6O2S. The van der Waals surface area contributed by atoms with Gasteiger partial charge in [0.25, 0.3) is 0 Å². The molecule has 2 aromatic rings. The number of hydrogen-bond donors (Lipinski definition) is 2. The first kappa shape index (κ1) is 12.6. The fourth-order valence-electron chi connectivity index (χ4n) is 1.41. The Morgan fingerprint density at radius 3 is 2.78 bits per heavy atom. The minimum Gasteiger partial charge on any atom is -0.480 e. The van der Waals surface area contributed by atoms with Crippen molar-refractivity contribution in [3.8, 4) is 11.8 Å². The van der Waals surface area contributed by atoms with Crippen LogP contribution in [0.3, 0.4) is 0 Å². The summed E-state index contributed by atoms with van der Waals surface area (Å²) in [6.45, 7) is 0. The van der Waals surface area contributed by atoms with Gasteiger partial charge in [0.1, 0.15) is 17.4 Å². The molecule has 0 bridgehead atoms. The van der Waals surface area contributed by atoms with Crippen molar-refractivity contribution in [2.75, 3.05) is 14.2 Å². The summed E-state index contributed by atoms with van der Waals surface area (Å²) < 4.78 is 13.9. The van der Waals surface area contributed by atoms with E-state index in [-0.39, 0.29) is 0 Å². The van der Waals surface area contributed by atoms with E-state index in [4.69, 9.17) is 15.3 Å². The second-order valence-corrected chi connectivity index (χ2v) is 3.85. The first-order valence-corrected chi connectivity index (χ1v) is 5.81. The van der Waals surface area contributed by atoms with Crippen LogP contribution in [0.15, 0.2) is 11.6 Å². The smallest absolute Gasteiger partial charge is 0.240 e. The lowest BCUT2D eigenvalue weighted by Crippen LogP contribution is -2.30. The van der Waals surface area contributed by atoms with Crippen molar-refractivity contribution in [1.29, 1.82) is 0 Å². The minimum absolute atomic E-state index is 0.324. The van der Waals surface area contributed by atoms with E-state index in [1.54, 1.807) is 5.38 Å². The van der Waals surface area contributed by atoms with E-state index in [9.17, 15) is 0 Å². The Labute approximate surface area is 107 Å². The monoisotopic (exact) mass is 268 g/mol. The molecule has 0 aliphatic carbocycles. The van der Waals surface area contributed by atoms with E-state index in [1.807, 2.05) is 0 Å². The third kappa shape index (κ3) is 2.37. The van der Waals surface area contributed by atoms with Gasteiger partial charge in [0.15, 0.2) is 0 Å². The van der Waals surface area contributed by atoms with Gasteiger partial charge in [-0.3, -0.25) is 5.84 Å². The topological polar surface area (TPSA) is 108 Å². The lowest BCUT2D eigenvalue weighted by Gasteiger charge is -2.15. The molecule has 1 unspecified atom stereocenters. The number of rotatable bonds is 5. The summed E-state index contributed by atoms with van der Waals surface area (Å²) in [5.74, 6) is 6.21. The Morgan fingerprint density at radius 2 is 2.22 bits per heavy atom. The molecule has 0 aromatic carbocycles. The summed E-state index contributed by atoms with van der Waals surface area (Å²) in [5, 5.41) is 5.73. The van der Waals surface area contributed by atoms with Crippen LogP contribution in [0.4, 0.5) is 0 Å². The molecule has 3 N–H and O–H groups in total.